The second-order valence-electron chi connectivity index (χ2n) is 4.37. The molecular formula is C12H10BrClFN3O2. The van der Waals surface area contributed by atoms with Crippen molar-refractivity contribution in [2.24, 2.45) is 0 Å². The highest BCUT2D eigenvalue weighted by Gasteiger charge is 2.18. The third-order valence-corrected chi connectivity index (χ3v) is 4.35. The third kappa shape index (κ3) is 2.30. The lowest BCUT2D eigenvalue weighted by Gasteiger charge is -2.27. The maximum absolute atomic E-state index is 14.0. The fourth-order valence-electron chi connectivity index (χ4n) is 2.12. The Kier molecular flexibility index (Phi) is 3.66. The van der Waals surface area contributed by atoms with Crippen LogP contribution in [0.3, 0.4) is 0 Å². The Bertz CT molecular complexity index is 731. The van der Waals surface area contributed by atoms with Crippen molar-refractivity contribution in [1.82, 2.24) is 9.97 Å². The minimum Gasteiger partial charge on any atom is -0.378 e. The van der Waals surface area contributed by atoms with Crippen molar-refractivity contribution >= 4 is 44.4 Å². The van der Waals surface area contributed by atoms with Gasteiger partial charge in [-0.15, -0.1) is 0 Å². The topological polar surface area (TPSA) is 58.2 Å². The molecule has 0 radical (unpaired) electrons. The van der Waals surface area contributed by atoms with E-state index in [0.717, 1.165) is 0 Å². The predicted molar refractivity (Wildman–Crippen MR) is 78.1 cm³/mol. The second-order valence-corrected chi connectivity index (χ2v) is 5.60. The van der Waals surface area contributed by atoms with Gasteiger partial charge in [0.25, 0.3) is 5.56 Å². The number of morpholine rings is 1. The molecule has 20 heavy (non-hydrogen) atoms. The van der Waals surface area contributed by atoms with Gasteiger partial charge in [0.2, 0.25) is 5.95 Å². The number of fused-ring (bicyclic) bond motifs is 1. The van der Waals surface area contributed by atoms with Gasteiger partial charge in [0, 0.05) is 17.6 Å². The molecule has 0 bridgehead atoms. The molecular weight excluding hydrogens is 353 g/mol. The summed E-state index contributed by atoms with van der Waals surface area (Å²) in [6, 6.07) is 1.54. The van der Waals surface area contributed by atoms with Crippen LogP contribution in [0.1, 0.15) is 0 Å². The molecule has 1 N–H and O–H groups in total. The van der Waals surface area contributed by atoms with Crippen LogP contribution in [0.25, 0.3) is 10.9 Å². The van der Waals surface area contributed by atoms with E-state index >= 15 is 0 Å². The van der Waals surface area contributed by atoms with Gasteiger partial charge in [0.1, 0.15) is 5.39 Å². The highest BCUT2D eigenvalue weighted by Crippen LogP contribution is 2.30. The summed E-state index contributed by atoms with van der Waals surface area (Å²) < 4.78 is 19.7. The Morgan fingerprint density at radius 1 is 1.45 bits per heavy atom. The number of hydrogen-bond donors (Lipinski definition) is 1. The molecule has 0 amide bonds. The second kappa shape index (κ2) is 5.31. The molecule has 0 aliphatic carbocycles. The van der Waals surface area contributed by atoms with Crippen LogP contribution in [0.4, 0.5) is 10.3 Å². The third-order valence-electron chi connectivity index (χ3n) is 3.13. The summed E-state index contributed by atoms with van der Waals surface area (Å²) in [6.07, 6.45) is 0. The molecule has 1 aromatic heterocycles. The molecule has 106 valence electrons. The quantitative estimate of drug-likeness (QED) is 0.791. The number of hydrogen-bond acceptors (Lipinski definition) is 4. The lowest BCUT2D eigenvalue weighted by Crippen LogP contribution is -2.38. The van der Waals surface area contributed by atoms with Crippen LogP contribution in [0.2, 0.25) is 5.02 Å². The Hall–Kier alpha value is -1.18. The highest BCUT2D eigenvalue weighted by atomic mass is 79.9. The molecule has 0 unspecified atom stereocenters. The minimum atomic E-state index is -0.765. The van der Waals surface area contributed by atoms with Gasteiger partial charge in [0.15, 0.2) is 5.82 Å². The standard InChI is InChI=1S/C12H10BrClFN3O2/c13-6-5-7-8(10(15)9(6)14)11(19)17-12(16-7)18-1-3-20-4-2-18/h5H,1-4H2,(H,16,17,19). The van der Waals surface area contributed by atoms with E-state index in [1.165, 1.54) is 0 Å². The molecule has 0 saturated carbocycles. The summed E-state index contributed by atoms with van der Waals surface area (Å²) in [5.41, 5.74) is -0.271. The van der Waals surface area contributed by atoms with E-state index in [2.05, 4.69) is 25.9 Å². The zero-order valence-electron chi connectivity index (χ0n) is 10.3. The van der Waals surface area contributed by atoms with Crippen molar-refractivity contribution < 1.29 is 9.13 Å². The zero-order valence-corrected chi connectivity index (χ0v) is 12.6. The van der Waals surface area contributed by atoms with Crippen molar-refractivity contribution in [2.45, 2.75) is 0 Å². The van der Waals surface area contributed by atoms with Crippen molar-refractivity contribution in [3.63, 3.8) is 0 Å². The zero-order chi connectivity index (χ0) is 14.3. The average Bonchev–Trinajstić information content (AvgIpc) is 2.45. The number of nitrogens with one attached hydrogen (secondary N) is 1. The molecule has 1 saturated heterocycles. The van der Waals surface area contributed by atoms with Crippen LogP contribution >= 0.6 is 27.5 Å². The first-order valence-electron chi connectivity index (χ1n) is 5.98. The number of benzene rings is 1. The normalized spacial score (nSPS) is 15.8. The maximum Gasteiger partial charge on any atom is 0.263 e. The molecule has 0 spiro atoms. The van der Waals surface area contributed by atoms with Gasteiger partial charge in [-0.3, -0.25) is 9.78 Å². The predicted octanol–water partition coefficient (Wildman–Crippen LogP) is 2.31. The average molecular weight is 363 g/mol. The van der Waals surface area contributed by atoms with Gasteiger partial charge in [0.05, 0.1) is 23.8 Å². The smallest absolute Gasteiger partial charge is 0.263 e. The molecule has 3 rings (SSSR count). The fourth-order valence-corrected chi connectivity index (χ4v) is 2.66. The summed E-state index contributed by atoms with van der Waals surface area (Å²) in [5, 5.41) is -0.251. The minimum absolute atomic E-state index is 0.121. The molecule has 1 aliphatic heterocycles. The van der Waals surface area contributed by atoms with Crippen molar-refractivity contribution in [3.05, 3.63) is 31.7 Å². The molecule has 1 fully saturated rings. The summed E-state index contributed by atoms with van der Waals surface area (Å²) in [7, 11) is 0. The first-order valence-corrected chi connectivity index (χ1v) is 7.15. The summed E-state index contributed by atoms with van der Waals surface area (Å²) in [4.78, 5) is 20.9. The Labute approximate surface area is 126 Å². The van der Waals surface area contributed by atoms with Crippen molar-refractivity contribution in [3.8, 4) is 0 Å². The molecule has 8 heteroatoms. The van der Waals surface area contributed by atoms with Crippen LogP contribution in [0, 0.1) is 5.82 Å². The molecule has 1 aliphatic rings. The van der Waals surface area contributed by atoms with Crippen LogP contribution in [0.15, 0.2) is 15.3 Å². The van der Waals surface area contributed by atoms with Gasteiger partial charge >= 0.3 is 0 Å². The molecule has 5 nitrogen and oxygen atoms in total. The monoisotopic (exact) mass is 361 g/mol. The first-order chi connectivity index (χ1) is 9.58. The van der Waals surface area contributed by atoms with Gasteiger partial charge < -0.3 is 9.64 Å². The van der Waals surface area contributed by atoms with Gasteiger partial charge in [-0.05, 0) is 22.0 Å². The first kappa shape index (κ1) is 13.8. The lowest BCUT2D eigenvalue weighted by atomic mass is 10.2. The van der Waals surface area contributed by atoms with Crippen LogP contribution in [0.5, 0.6) is 0 Å². The molecule has 1 aromatic carbocycles. The lowest BCUT2D eigenvalue weighted by molar-refractivity contribution is 0.122. The Balaban J connectivity index is 2.19. The largest absolute Gasteiger partial charge is 0.378 e. The van der Waals surface area contributed by atoms with E-state index < -0.39 is 11.4 Å². The molecule has 2 heterocycles. The number of H-pyrrole nitrogens is 1. The molecule has 0 atom stereocenters. The number of ether oxygens (including phenoxy) is 1. The number of rotatable bonds is 1. The number of halogens is 3. The highest BCUT2D eigenvalue weighted by molar-refractivity contribution is 9.10. The summed E-state index contributed by atoms with van der Waals surface area (Å²) in [5.74, 6) is -0.349. The van der Waals surface area contributed by atoms with Crippen molar-refractivity contribution in [1.29, 1.82) is 0 Å². The van der Waals surface area contributed by atoms with E-state index in [1.54, 1.807) is 6.07 Å². The SMILES string of the molecule is O=c1[nH]c(N2CCOCC2)nc2cc(Br)c(Cl)c(F)c12. The maximum atomic E-state index is 14.0. The number of aromatic amines is 1. The Morgan fingerprint density at radius 3 is 2.85 bits per heavy atom. The van der Waals surface area contributed by atoms with E-state index in [1.807, 2.05) is 4.90 Å². The van der Waals surface area contributed by atoms with Gasteiger partial charge in [-0.25, -0.2) is 9.37 Å². The van der Waals surface area contributed by atoms with Crippen molar-refractivity contribution in [2.75, 3.05) is 31.2 Å². The van der Waals surface area contributed by atoms with Gasteiger partial charge in [-0.2, -0.15) is 0 Å². The molecule has 2 aromatic rings. The Morgan fingerprint density at radius 2 is 2.15 bits per heavy atom. The fraction of sp³-hybridized carbons (Fsp3) is 0.333. The number of nitrogens with zero attached hydrogens (tertiary/aromatic N) is 2. The van der Waals surface area contributed by atoms with E-state index in [9.17, 15) is 9.18 Å². The number of aromatic nitrogens is 2. The summed E-state index contributed by atoms with van der Waals surface area (Å²) >= 11 is 8.94. The van der Waals surface area contributed by atoms with E-state index in [4.69, 9.17) is 16.3 Å². The summed E-state index contributed by atoms with van der Waals surface area (Å²) in [6.45, 7) is 2.40. The van der Waals surface area contributed by atoms with Crippen LogP contribution in [-0.4, -0.2) is 36.3 Å². The van der Waals surface area contributed by atoms with Crippen LogP contribution < -0.4 is 10.5 Å². The number of anilines is 1. The van der Waals surface area contributed by atoms with Crippen LogP contribution in [-0.2, 0) is 4.74 Å². The van der Waals surface area contributed by atoms with E-state index in [-0.39, 0.29) is 15.9 Å². The van der Waals surface area contributed by atoms with Gasteiger partial charge in [-0.1, -0.05) is 11.6 Å². The van der Waals surface area contributed by atoms with E-state index in [0.29, 0.717) is 36.7 Å².